The Morgan fingerprint density at radius 1 is 0.676 bits per heavy atom. The maximum Gasteiger partial charge on any atom is 0.266 e. The second kappa shape index (κ2) is 21.6. The lowest BCUT2D eigenvalue weighted by molar-refractivity contribution is -0.131. The van der Waals surface area contributed by atoms with Crippen LogP contribution in [0.5, 0.6) is 0 Å². The molecular formula is C26H53NO6S. The van der Waals surface area contributed by atoms with Crippen LogP contribution in [0.3, 0.4) is 0 Å². The Bertz CT molecular complexity index is 584. The number of carbonyl (C=O) groups is 1. The van der Waals surface area contributed by atoms with Crippen LogP contribution < -0.4 is 5.32 Å². The molecule has 0 aromatic rings. The summed E-state index contributed by atoms with van der Waals surface area (Å²) < 4.78 is 31.9. The Kier molecular flexibility index (Phi) is 21.1. The predicted octanol–water partition coefficient (Wildman–Crippen LogP) is 5.53. The molecule has 0 rings (SSSR count). The van der Waals surface area contributed by atoms with Gasteiger partial charge in [0.05, 0.1) is 17.9 Å². The standard InChI is InChI=1S/C26H53NO6S/c1-3-5-7-9-10-11-12-13-14-15-17-19-21-25(29)26(30)27-23(22-34(31,32)33)24(28)20-18-16-8-6-4-2/h23-25,28-29H,3-22H2,1-2H3,(H,27,30)(H,31,32,33). The molecule has 0 aliphatic rings. The fraction of sp³-hybridized carbons (Fsp3) is 0.962. The fourth-order valence-corrected chi connectivity index (χ4v) is 4.98. The van der Waals surface area contributed by atoms with Crippen molar-refractivity contribution < 1.29 is 28.0 Å². The predicted molar refractivity (Wildman–Crippen MR) is 139 cm³/mol. The second-order valence-corrected chi connectivity index (χ2v) is 11.3. The smallest absolute Gasteiger partial charge is 0.266 e. The van der Waals surface area contributed by atoms with E-state index in [9.17, 15) is 28.0 Å². The van der Waals surface area contributed by atoms with Crippen LogP contribution in [-0.2, 0) is 14.9 Å². The number of unbranched alkanes of at least 4 members (excludes halogenated alkanes) is 15. The van der Waals surface area contributed by atoms with Crippen molar-refractivity contribution in [3.63, 3.8) is 0 Å². The third kappa shape index (κ3) is 20.7. The van der Waals surface area contributed by atoms with Crippen LogP contribution in [0.2, 0.25) is 0 Å². The van der Waals surface area contributed by atoms with Gasteiger partial charge in [0.2, 0.25) is 5.91 Å². The van der Waals surface area contributed by atoms with Crippen LogP contribution in [0.4, 0.5) is 0 Å². The van der Waals surface area contributed by atoms with Crippen LogP contribution in [0.1, 0.15) is 136 Å². The lowest BCUT2D eigenvalue weighted by Gasteiger charge is -2.24. The summed E-state index contributed by atoms with van der Waals surface area (Å²) in [4.78, 5) is 12.3. The quantitative estimate of drug-likeness (QED) is 0.101. The van der Waals surface area contributed by atoms with E-state index in [0.717, 1.165) is 44.9 Å². The lowest BCUT2D eigenvalue weighted by atomic mass is 10.0. The highest BCUT2D eigenvalue weighted by molar-refractivity contribution is 7.85. The molecule has 4 N–H and O–H groups in total. The van der Waals surface area contributed by atoms with Crippen molar-refractivity contribution in [2.45, 2.75) is 154 Å². The van der Waals surface area contributed by atoms with Crippen LogP contribution in [0.15, 0.2) is 0 Å². The van der Waals surface area contributed by atoms with E-state index in [1.165, 1.54) is 51.4 Å². The van der Waals surface area contributed by atoms with Crippen molar-refractivity contribution in [1.82, 2.24) is 5.32 Å². The van der Waals surface area contributed by atoms with Gasteiger partial charge in [-0.25, -0.2) is 0 Å². The molecule has 8 heteroatoms. The van der Waals surface area contributed by atoms with Gasteiger partial charge in [-0.15, -0.1) is 0 Å². The molecule has 204 valence electrons. The summed E-state index contributed by atoms with van der Waals surface area (Å²) in [5.41, 5.74) is 0. The second-order valence-electron chi connectivity index (χ2n) is 9.83. The van der Waals surface area contributed by atoms with E-state index in [1.807, 2.05) is 0 Å². The van der Waals surface area contributed by atoms with Gasteiger partial charge in [0, 0.05) is 0 Å². The van der Waals surface area contributed by atoms with Gasteiger partial charge >= 0.3 is 0 Å². The van der Waals surface area contributed by atoms with Gasteiger partial charge in [-0.3, -0.25) is 9.35 Å². The highest BCUT2D eigenvalue weighted by Crippen LogP contribution is 2.14. The zero-order valence-electron chi connectivity index (χ0n) is 21.8. The van der Waals surface area contributed by atoms with E-state index in [4.69, 9.17) is 0 Å². The van der Waals surface area contributed by atoms with E-state index in [1.54, 1.807) is 0 Å². The molecule has 1 amide bonds. The van der Waals surface area contributed by atoms with Crippen LogP contribution in [-0.4, -0.2) is 53.1 Å². The van der Waals surface area contributed by atoms with Gasteiger partial charge in [0.15, 0.2) is 0 Å². The van der Waals surface area contributed by atoms with Crippen molar-refractivity contribution in [3.05, 3.63) is 0 Å². The fourth-order valence-electron chi connectivity index (χ4n) is 4.22. The number of nitrogens with one attached hydrogen (secondary N) is 1. The third-order valence-corrected chi connectivity index (χ3v) is 7.20. The monoisotopic (exact) mass is 507 g/mol. The number of carbonyl (C=O) groups excluding carboxylic acids is 1. The summed E-state index contributed by atoms with van der Waals surface area (Å²) in [6, 6.07) is -1.13. The van der Waals surface area contributed by atoms with Crippen LogP contribution >= 0.6 is 0 Å². The van der Waals surface area contributed by atoms with Crippen LogP contribution in [0, 0.1) is 0 Å². The molecule has 0 bridgehead atoms. The highest BCUT2D eigenvalue weighted by atomic mass is 32.2. The molecule has 0 radical (unpaired) electrons. The molecule has 0 spiro atoms. The first-order chi connectivity index (χ1) is 16.2. The molecule has 0 aliphatic carbocycles. The number of amides is 1. The molecule has 34 heavy (non-hydrogen) atoms. The van der Waals surface area contributed by atoms with Crippen molar-refractivity contribution in [3.8, 4) is 0 Å². The third-order valence-electron chi connectivity index (χ3n) is 6.42. The van der Waals surface area contributed by atoms with Gasteiger partial charge in [-0.05, 0) is 12.8 Å². The van der Waals surface area contributed by atoms with E-state index >= 15 is 0 Å². The average molecular weight is 508 g/mol. The zero-order valence-corrected chi connectivity index (χ0v) is 22.7. The van der Waals surface area contributed by atoms with Gasteiger partial charge in [-0.1, -0.05) is 123 Å². The first kappa shape index (κ1) is 33.3. The van der Waals surface area contributed by atoms with E-state index in [0.29, 0.717) is 25.7 Å². The topological polar surface area (TPSA) is 124 Å². The number of hydrogen-bond acceptors (Lipinski definition) is 5. The number of aliphatic hydroxyl groups excluding tert-OH is 2. The van der Waals surface area contributed by atoms with Crippen molar-refractivity contribution >= 4 is 16.0 Å². The van der Waals surface area contributed by atoms with Gasteiger partial charge in [0.1, 0.15) is 6.10 Å². The van der Waals surface area contributed by atoms with Crippen molar-refractivity contribution in [1.29, 1.82) is 0 Å². The molecule has 3 unspecified atom stereocenters. The molecule has 0 heterocycles. The summed E-state index contributed by atoms with van der Waals surface area (Å²) in [5.74, 6) is -1.46. The van der Waals surface area contributed by atoms with Crippen LogP contribution in [0.25, 0.3) is 0 Å². The minimum absolute atomic E-state index is 0.301. The van der Waals surface area contributed by atoms with Crippen molar-refractivity contribution in [2.24, 2.45) is 0 Å². The number of aliphatic hydroxyl groups is 2. The van der Waals surface area contributed by atoms with Crippen molar-refractivity contribution in [2.75, 3.05) is 5.75 Å². The summed E-state index contributed by atoms with van der Waals surface area (Å²) in [5, 5.41) is 23.0. The number of rotatable bonds is 24. The van der Waals surface area contributed by atoms with Gasteiger partial charge < -0.3 is 15.5 Å². The van der Waals surface area contributed by atoms with E-state index < -0.39 is 40.0 Å². The molecule has 0 saturated carbocycles. The van der Waals surface area contributed by atoms with Gasteiger partial charge in [-0.2, -0.15) is 8.42 Å². The maximum absolute atomic E-state index is 12.3. The Labute approximate surface area is 209 Å². The minimum Gasteiger partial charge on any atom is -0.391 e. The lowest BCUT2D eigenvalue weighted by Crippen LogP contribution is -2.50. The molecule has 7 nitrogen and oxygen atoms in total. The Hall–Kier alpha value is -0.700. The normalized spacial score (nSPS) is 14.6. The maximum atomic E-state index is 12.3. The summed E-state index contributed by atoms with van der Waals surface area (Å²) in [6.45, 7) is 4.34. The molecular weight excluding hydrogens is 454 g/mol. The molecule has 0 aliphatic heterocycles. The molecule has 0 saturated heterocycles. The Balaban J connectivity index is 4.12. The Morgan fingerprint density at radius 2 is 1.06 bits per heavy atom. The Morgan fingerprint density at radius 3 is 1.47 bits per heavy atom. The largest absolute Gasteiger partial charge is 0.391 e. The highest BCUT2D eigenvalue weighted by Gasteiger charge is 2.28. The number of hydrogen-bond donors (Lipinski definition) is 4. The summed E-state index contributed by atoms with van der Waals surface area (Å²) in [7, 11) is -4.38. The van der Waals surface area contributed by atoms with E-state index in [2.05, 4.69) is 19.2 Å². The summed E-state index contributed by atoms with van der Waals surface area (Å²) >= 11 is 0. The summed E-state index contributed by atoms with van der Waals surface area (Å²) in [6.07, 6.45) is 17.5. The zero-order chi connectivity index (χ0) is 25.7. The average Bonchev–Trinajstić information content (AvgIpc) is 2.78. The SMILES string of the molecule is CCCCCCCCCCCCCCC(O)C(=O)NC(CS(=O)(=O)O)C(O)CCCCCCC. The molecule has 0 aromatic heterocycles. The first-order valence-electron chi connectivity index (χ1n) is 13.8. The molecule has 0 aromatic carbocycles. The molecule has 0 fully saturated rings. The molecule has 3 atom stereocenters. The van der Waals surface area contributed by atoms with Gasteiger partial charge in [0.25, 0.3) is 10.1 Å². The minimum atomic E-state index is -4.38. The first-order valence-corrected chi connectivity index (χ1v) is 15.4. The van der Waals surface area contributed by atoms with E-state index in [-0.39, 0.29) is 0 Å².